The molecular formula is C17H14BrClOS2. The molecule has 0 N–H and O–H groups in total. The fraction of sp³-hybridized carbons (Fsp3) is 0.235. The second-order valence-electron chi connectivity index (χ2n) is 5.06. The third-order valence-electron chi connectivity index (χ3n) is 3.60. The molecule has 0 amide bonds. The van der Waals surface area contributed by atoms with E-state index in [0.29, 0.717) is 6.42 Å². The highest BCUT2D eigenvalue weighted by Gasteiger charge is 2.39. The van der Waals surface area contributed by atoms with Crippen LogP contribution >= 0.6 is 51.1 Å². The number of hydrogen-bond donors (Lipinski definition) is 0. The number of Topliss-reactive ketones (excluding diaryl/α,β-unsaturated/α-hetero) is 1. The van der Waals surface area contributed by atoms with Crippen LogP contribution in [0.1, 0.15) is 22.3 Å². The molecule has 0 bridgehead atoms. The largest absolute Gasteiger partial charge is 0.294 e. The fourth-order valence-corrected chi connectivity index (χ4v) is 6.10. The van der Waals surface area contributed by atoms with Gasteiger partial charge in [-0.2, -0.15) is 0 Å². The molecule has 1 aliphatic heterocycles. The van der Waals surface area contributed by atoms with Gasteiger partial charge in [-0.25, -0.2) is 0 Å². The third kappa shape index (κ3) is 3.56. The molecule has 1 fully saturated rings. The number of carbonyl (C=O) groups is 1. The van der Waals surface area contributed by atoms with E-state index in [0.717, 1.165) is 26.6 Å². The molecular weight excluding hydrogens is 400 g/mol. The molecule has 2 aromatic rings. The lowest BCUT2D eigenvalue weighted by Gasteiger charge is -2.27. The summed E-state index contributed by atoms with van der Waals surface area (Å²) in [4.78, 5) is 12.7. The normalized spacial score (nSPS) is 16.6. The second kappa shape index (κ2) is 7.00. The third-order valence-corrected chi connectivity index (χ3v) is 7.85. The van der Waals surface area contributed by atoms with Crippen LogP contribution in [0.2, 0.25) is 5.02 Å². The summed E-state index contributed by atoms with van der Waals surface area (Å²) >= 11 is 13.1. The van der Waals surface area contributed by atoms with E-state index in [4.69, 9.17) is 11.6 Å². The van der Waals surface area contributed by atoms with Gasteiger partial charge in [-0.3, -0.25) is 4.79 Å². The van der Waals surface area contributed by atoms with E-state index in [-0.39, 0.29) is 9.86 Å². The van der Waals surface area contributed by atoms with Gasteiger partial charge in [-0.15, -0.1) is 23.5 Å². The first-order valence-electron chi connectivity index (χ1n) is 6.92. The summed E-state index contributed by atoms with van der Waals surface area (Å²) in [5.74, 6) is 2.33. The van der Waals surface area contributed by atoms with E-state index in [2.05, 4.69) is 15.9 Å². The monoisotopic (exact) mass is 412 g/mol. The molecule has 0 spiro atoms. The summed E-state index contributed by atoms with van der Waals surface area (Å²) in [6, 6.07) is 15.5. The predicted octanol–water partition coefficient (Wildman–Crippen LogP) is 6.01. The van der Waals surface area contributed by atoms with Gasteiger partial charge in [0.2, 0.25) is 0 Å². The van der Waals surface area contributed by atoms with Crippen LogP contribution in [0.4, 0.5) is 0 Å². The highest BCUT2D eigenvalue weighted by atomic mass is 79.9. The highest BCUT2D eigenvalue weighted by Crippen LogP contribution is 2.54. The summed E-state index contributed by atoms with van der Waals surface area (Å²) in [7, 11) is 0. The van der Waals surface area contributed by atoms with Crippen LogP contribution in [0.5, 0.6) is 0 Å². The van der Waals surface area contributed by atoms with Crippen LogP contribution < -0.4 is 0 Å². The van der Waals surface area contributed by atoms with Gasteiger partial charge in [-0.1, -0.05) is 51.8 Å². The first kappa shape index (κ1) is 16.4. The van der Waals surface area contributed by atoms with Crippen molar-refractivity contribution in [1.82, 2.24) is 0 Å². The van der Waals surface area contributed by atoms with Crippen LogP contribution in [0.3, 0.4) is 0 Å². The second-order valence-corrected chi connectivity index (χ2v) is 9.46. The van der Waals surface area contributed by atoms with E-state index in [1.54, 1.807) is 0 Å². The van der Waals surface area contributed by atoms with E-state index < -0.39 is 0 Å². The molecule has 1 saturated heterocycles. The number of halogens is 2. The fourth-order valence-electron chi connectivity index (χ4n) is 2.48. The van der Waals surface area contributed by atoms with Crippen molar-refractivity contribution >= 4 is 56.8 Å². The molecule has 0 aliphatic carbocycles. The lowest BCUT2D eigenvalue weighted by atomic mass is 10.0. The van der Waals surface area contributed by atoms with Crippen LogP contribution in [-0.2, 0) is 4.08 Å². The molecule has 5 heteroatoms. The average Bonchev–Trinajstić information content (AvgIpc) is 2.98. The van der Waals surface area contributed by atoms with Gasteiger partial charge in [0.25, 0.3) is 0 Å². The Morgan fingerprint density at radius 3 is 2.23 bits per heavy atom. The highest BCUT2D eigenvalue weighted by molar-refractivity contribution is 9.10. The minimum absolute atomic E-state index is 0.185. The summed E-state index contributed by atoms with van der Waals surface area (Å²) in [5.41, 5.74) is 1.94. The Bertz CT molecular complexity index is 664. The van der Waals surface area contributed by atoms with Gasteiger partial charge in [0.1, 0.15) is 0 Å². The summed E-state index contributed by atoms with van der Waals surface area (Å²) in [6.45, 7) is 0. The van der Waals surface area contributed by atoms with Crippen molar-refractivity contribution in [2.45, 2.75) is 10.5 Å². The average molecular weight is 414 g/mol. The summed E-state index contributed by atoms with van der Waals surface area (Å²) in [6.07, 6.45) is 0.506. The van der Waals surface area contributed by atoms with Crippen molar-refractivity contribution < 1.29 is 4.79 Å². The zero-order valence-corrected chi connectivity index (χ0v) is 15.7. The number of ketones is 1. The molecule has 114 valence electrons. The molecule has 2 aromatic carbocycles. The smallest absolute Gasteiger partial charge is 0.165 e. The van der Waals surface area contributed by atoms with Gasteiger partial charge >= 0.3 is 0 Å². The van der Waals surface area contributed by atoms with E-state index in [1.165, 1.54) is 5.56 Å². The SMILES string of the molecule is O=C(CC1(c2ccc(Cl)cc2)SCCS1)c1ccc(Br)cc1. The molecule has 1 heterocycles. The molecule has 3 rings (SSSR count). The minimum atomic E-state index is -0.186. The standard InChI is InChI=1S/C17H14BrClOS2/c18-14-5-1-12(2-6-14)16(20)11-17(21-9-10-22-17)13-3-7-15(19)8-4-13/h1-8H,9-11H2. The van der Waals surface area contributed by atoms with Crippen LogP contribution in [0, 0.1) is 0 Å². The topological polar surface area (TPSA) is 17.1 Å². The molecule has 0 saturated carbocycles. The molecule has 1 aliphatic rings. The Morgan fingerprint density at radius 1 is 1.05 bits per heavy atom. The predicted molar refractivity (Wildman–Crippen MR) is 101 cm³/mol. The van der Waals surface area contributed by atoms with Crippen LogP contribution in [-0.4, -0.2) is 17.3 Å². The van der Waals surface area contributed by atoms with E-state index in [1.807, 2.05) is 72.1 Å². The van der Waals surface area contributed by atoms with Crippen molar-refractivity contribution in [2.24, 2.45) is 0 Å². The molecule has 1 nitrogen and oxygen atoms in total. The Labute approximate surface area is 152 Å². The zero-order chi connectivity index (χ0) is 15.6. The van der Waals surface area contributed by atoms with Crippen molar-refractivity contribution in [1.29, 1.82) is 0 Å². The van der Waals surface area contributed by atoms with Crippen LogP contribution in [0.15, 0.2) is 53.0 Å². The van der Waals surface area contributed by atoms with Crippen molar-refractivity contribution in [3.8, 4) is 0 Å². The molecule has 0 aromatic heterocycles. The quantitative estimate of drug-likeness (QED) is 0.571. The zero-order valence-electron chi connectivity index (χ0n) is 11.7. The van der Waals surface area contributed by atoms with Crippen molar-refractivity contribution in [3.63, 3.8) is 0 Å². The van der Waals surface area contributed by atoms with Crippen molar-refractivity contribution in [2.75, 3.05) is 11.5 Å². The Balaban J connectivity index is 1.87. The number of thioether (sulfide) groups is 2. The summed E-state index contributed by atoms with van der Waals surface area (Å²) in [5, 5.41) is 0.728. The number of hydrogen-bond acceptors (Lipinski definition) is 3. The molecule has 22 heavy (non-hydrogen) atoms. The number of carbonyl (C=O) groups excluding carboxylic acids is 1. The van der Waals surface area contributed by atoms with Gasteiger partial charge in [-0.05, 0) is 29.8 Å². The maximum Gasteiger partial charge on any atom is 0.165 e. The first-order valence-corrected chi connectivity index (χ1v) is 10.1. The van der Waals surface area contributed by atoms with Crippen molar-refractivity contribution in [3.05, 3.63) is 69.2 Å². The maximum absolute atomic E-state index is 12.7. The van der Waals surface area contributed by atoms with Gasteiger partial charge in [0, 0.05) is 33.0 Å². The molecule has 0 unspecified atom stereocenters. The Hall–Kier alpha value is -0.420. The van der Waals surface area contributed by atoms with Crippen LogP contribution in [0.25, 0.3) is 0 Å². The maximum atomic E-state index is 12.7. The number of benzene rings is 2. The van der Waals surface area contributed by atoms with Gasteiger partial charge in [0.05, 0.1) is 4.08 Å². The summed E-state index contributed by atoms with van der Waals surface area (Å²) < 4.78 is 0.801. The Kier molecular flexibility index (Phi) is 5.23. The molecule has 0 radical (unpaired) electrons. The lowest BCUT2D eigenvalue weighted by molar-refractivity contribution is 0.0979. The van der Waals surface area contributed by atoms with E-state index in [9.17, 15) is 4.79 Å². The first-order chi connectivity index (χ1) is 10.6. The minimum Gasteiger partial charge on any atom is -0.294 e. The Morgan fingerprint density at radius 2 is 1.64 bits per heavy atom. The number of rotatable bonds is 4. The lowest BCUT2D eigenvalue weighted by Crippen LogP contribution is -2.20. The molecule has 0 atom stereocenters. The van der Waals surface area contributed by atoms with Gasteiger partial charge in [0.15, 0.2) is 5.78 Å². The van der Waals surface area contributed by atoms with Gasteiger partial charge < -0.3 is 0 Å². The van der Waals surface area contributed by atoms with E-state index >= 15 is 0 Å².